The van der Waals surface area contributed by atoms with Crippen LogP contribution >= 0.6 is 16.5 Å². The standard InChI is InChI=1S/C25H24O3P2/c1-17(26)28-15-16-29-30-23-14-12-19-8-4-6-10-21(19)25(23)24-20-9-5-3-7-18(20)11-13-22(24)27-2/h3-14,29-30H,15-16H2,1-2H3. The molecule has 0 aliphatic heterocycles. The minimum atomic E-state index is -0.213. The van der Waals surface area contributed by atoms with Gasteiger partial charge in [-0.15, -0.1) is 0 Å². The Morgan fingerprint density at radius 1 is 0.833 bits per heavy atom. The number of rotatable bonds is 7. The van der Waals surface area contributed by atoms with Gasteiger partial charge in [-0.05, 0) is 32.9 Å². The van der Waals surface area contributed by atoms with Gasteiger partial charge >= 0.3 is 5.97 Å². The number of fused-ring (bicyclic) bond motifs is 2. The summed E-state index contributed by atoms with van der Waals surface area (Å²) in [6.07, 6.45) is 0.886. The number of esters is 1. The number of carbonyl (C=O) groups is 1. The lowest BCUT2D eigenvalue weighted by Crippen LogP contribution is -2.04. The molecule has 30 heavy (non-hydrogen) atoms. The average Bonchev–Trinajstić information content (AvgIpc) is 2.77. The van der Waals surface area contributed by atoms with E-state index in [1.807, 2.05) is 0 Å². The zero-order chi connectivity index (χ0) is 20.9. The molecule has 0 spiro atoms. The molecule has 3 nitrogen and oxygen atoms in total. The van der Waals surface area contributed by atoms with Crippen LogP contribution in [0.4, 0.5) is 0 Å². The maximum absolute atomic E-state index is 11.0. The third-order valence-corrected chi connectivity index (χ3v) is 8.45. The van der Waals surface area contributed by atoms with E-state index in [4.69, 9.17) is 9.47 Å². The third-order valence-electron chi connectivity index (χ3n) is 5.05. The molecular weight excluding hydrogens is 410 g/mol. The van der Waals surface area contributed by atoms with Crippen molar-refractivity contribution in [2.75, 3.05) is 19.9 Å². The second kappa shape index (κ2) is 9.56. The maximum Gasteiger partial charge on any atom is 0.302 e. The van der Waals surface area contributed by atoms with Gasteiger partial charge in [-0.25, -0.2) is 0 Å². The summed E-state index contributed by atoms with van der Waals surface area (Å²) in [5, 5.41) is 6.18. The summed E-state index contributed by atoms with van der Waals surface area (Å²) in [5.41, 5.74) is 2.40. The van der Waals surface area contributed by atoms with E-state index in [1.165, 1.54) is 39.3 Å². The number of hydrogen-bond donors (Lipinski definition) is 0. The molecule has 0 bridgehead atoms. The van der Waals surface area contributed by atoms with E-state index in [-0.39, 0.29) is 5.97 Å². The maximum atomic E-state index is 11.0. The van der Waals surface area contributed by atoms with Gasteiger partial charge in [0.2, 0.25) is 0 Å². The Morgan fingerprint density at radius 3 is 2.13 bits per heavy atom. The molecule has 0 radical (unpaired) electrons. The second-order valence-corrected chi connectivity index (χ2v) is 10.4. The van der Waals surface area contributed by atoms with E-state index >= 15 is 0 Å². The summed E-state index contributed by atoms with van der Waals surface area (Å²) in [5.74, 6) is 0.675. The second-order valence-electron chi connectivity index (χ2n) is 6.97. The van der Waals surface area contributed by atoms with E-state index in [1.54, 1.807) is 7.11 Å². The topological polar surface area (TPSA) is 35.5 Å². The van der Waals surface area contributed by atoms with Crippen molar-refractivity contribution >= 4 is 49.4 Å². The highest BCUT2D eigenvalue weighted by atomic mass is 32.0. The third kappa shape index (κ3) is 4.33. The lowest BCUT2D eigenvalue weighted by atomic mass is 9.93. The zero-order valence-corrected chi connectivity index (χ0v) is 19.1. The number of ether oxygens (including phenoxy) is 2. The first-order chi connectivity index (χ1) is 14.7. The monoisotopic (exact) mass is 434 g/mol. The average molecular weight is 434 g/mol. The first-order valence-corrected chi connectivity index (χ1v) is 13.1. The number of benzene rings is 4. The van der Waals surface area contributed by atoms with E-state index in [2.05, 4.69) is 72.8 Å². The van der Waals surface area contributed by atoms with Gasteiger partial charge in [0.15, 0.2) is 0 Å². The van der Waals surface area contributed by atoms with Crippen molar-refractivity contribution in [2.24, 2.45) is 0 Å². The molecule has 0 saturated heterocycles. The summed E-state index contributed by atoms with van der Waals surface area (Å²) < 4.78 is 10.9. The van der Waals surface area contributed by atoms with E-state index in [9.17, 15) is 4.79 Å². The van der Waals surface area contributed by atoms with Crippen LogP contribution in [0.5, 0.6) is 5.75 Å². The van der Waals surface area contributed by atoms with E-state index < -0.39 is 0 Å². The van der Waals surface area contributed by atoms with Crippen LogP contribution in [0.1, 0.15) is 6.92 Å². The summed E-state index contributed by atoms with van der Waals surface area (Å²) in [4.78, 5) is 11.0. The molecule has 5 heteroatoms. The molecule has 4 aromatic carbocycles. The fraction of sp³-hybridized carbons (Fsp3) is 0.160. The summed E-state index contributed by atoms with van der Waals surface area (Å²) in [6.45, 7) is 1.95. The Bertz CT molecular complexity index is 1200. The SMILES string of the molecule is COc1ccc2ccccc2c1-c1c(PPCCOC(C)=O)ccc2ccccc12. The lowest BCUT2D eigenvalue weighted by Gasteiger charge is -2.18. The summed E-state index contributed by atoms with van der Waals surface area (Å²) in [7, 11) is 3.09. The minimum Gasteiger partial charge on any atom is -0.496 e. The molecule has 0 aromatic heterocycles. The summed E-state index contributed by atoms with van der Waals surface area (Å²) in [6, 6.07) is 25.6. The molecule has 4 aromatic rings. The van der Waals surface area contributed by atoms with Gasteiger partial charge < -0.3 is 9.47 Å². The largest absolute Gasteiger partial charge is 0.496 e. The van der Waals surface area contributed by atoms with Crippen LogP contribution in [0.3, 0.4) is 0 Å². The molecule has 0 saturated carbocycles. The number of methoxy groups -OCH3 is 1. The van der Waals surface area contributed by atoms with Gasteiger partial charge in [0.25, 0.3) is 0 Å². The van der Waals surface area contributed by atoms with E-state index in [0.717, 1.165) is 17.5 Å². The van der Waals surface area contributed by atoms with Gasteiger partial charge in [0, 0.05) is 24.2 Å². The number of hydrogen-bond acceptors (Lipinski definition) is 3. The molecular formula is C25H24O3P2. The van der Waals surface area contributed by atoms with Gasteiger partial charge in [-0.1, -0.05) is 83.3 Å². The Balaban J connectivity index is 1.85. The molecule has 2 atom stereocenters. The summed E-state index contributed by atoms with van der Waals surface area (Å²) >= 11 is 0. The van der Waals surface area contributed by atoms with Crippen molar-refractivity contribution in [1.29, 1.82) is 0 Å². The fourth-order valence-electron chi connectivity index (χ4n) is 3.73. The predicted molar refractivity (Wildman–Crippen MR) is 131 cm³/mol. The van der Waals surface area contributed by atoms with Crippen LogP contribution in [0.25, 0.3) is 32.7 Å². The van der Waals surface area contributed by atoms with Gasteiger partial charge in [-0.3, -0.25) is 4.79 Å². The Hall–Kier alpha value is -2.47. The highest BCUT2D eigenvalue weighted by Gasteiger charge is 2.17. The smallest absolute Gasteiger partial charge is 0.302 e. The Morgan fingerprint density at radius 2 is 1.47 bits per heavy atom. The molecule has 4 rings (SSSR count). The molecule has 2 unspecified atom stereocenters. The normalized spacial score (nSPS) is 11.8. The van der Waals surface area contributed by atoms with Crippen molar-refractivity contribution in [3.63, 3.8) is 0 Å². The zero-order valence-electron chi connectivity index (χ0n) is 17.1. The highest BCUT2D eigenvalue weighted by molar-refractivity contribution is 8.15. The van der Waals surface area contributed by atoms with Crippen LogP contribution in [0, 0.1) is 0 Å². The highest BCUT2D eigenvalue weighted by Crippen LogP contribution is 2.45. The molecule has 0 aliphatic rings. The van der Waals surface area contributed by atoms with Crippen molar-refractivity contribution < 1.29 is 14.3 Å². The van der Waals surface area contributed by atoms with Crippen molar-refractivity contribution in [3.05, 3.63) is 72.8 Å². The van der Waals surface area contributed by atoms with Gasteiger partial charge in [-0.2, -0.15) is 0 Å². The van der Waals surface area contributed by atoms with Crippen molar-refractivity contribution in [1.82, 2.24) is 0 Å². The Labute approximate surface area is 180 Å². The van der Waals surface area contributed by atoms with Gasteiger partial charge in [0.05, 0.1) is 13.7 Å². The first-order valence-electron chi connectivity index (χ1n) is 9.89. The molecule has 152 valence electrons. The van der Waals surface area contributed by atoms with Crippen LogP contribution in [0.2, 0.25) is 0 Å². The predicted octanol–water partition coefficient (Wildman–Crippen LogP) is 6.13. The molecule has 0 N–H and O–H groups in total. The fourth-order valence-corrected chi connectivity index (χ4v) is 6.68. The Kier molecular flexibility index (Phi) is 6.62. The van der Waals surface area contributed by atoms with Gasteiger partial charge in [0.1, 0.15) is 5.75 Å². The first kappa shape index (κ1) is 20.8. The van der Waals surface area contributed by atoms with Crippen LogP contribution < -0.4 is 10.0 Å². The minimum absolute atomic E-state index is 0.213. The van der Waals surface area contributed by atoms with Crippen LogP contribution in [-0.2, 0) is 9.53 Å². The molecule has 0 heterocycles. The molecule has 0 fully saturated rings. The molecule has 0 amide bonds. The van der Waals surface area contributed by atoms with Crippen LogP contribution in [-0.4, -0.2) is 25.8 Å². The van der Waals surface area contributed by atoms with Crippen molar-refractivity contribution in [2.45, 2.75) is 6.92 Å². The lowest BCUT2D eigenvalue weighted by molar-refractivity contribution is -0.140. The van der Waals surface area contributed by atoms with E-state index in [0.29, 0.717) is 23.1 Å². The van der Waals surface area contributed by atoms with Crippen LogP contribution in [0.15, 0.2) is 72.8 Å². The quantitative estimate of drug-likeness (QED) is 0.199. The van der Waals surface area contributed by atoms with Crippen molar-refractivity contribution in [3.8, 4) is 16.9 Å². The molecule has 0 aliphatic carbocycles. The number of carbonyl (C=O) groups excluding carboxylic acids is 1.